The van der Waals surface area contributed by atoms with Gasteiger partial charge in [0, 0.05) is 23.7 Å². The molecule has 0 saturated carbocycles. The van der Waals surface area contributed by atoms with E-state index in [1.165, 1.54) is 23.3 Å². The molecule has 1 aliphatic heterocycles. The maximum absolute atomic E-state index is 13.2. The standard InChI is InChI=1S/C22H23ClFN5O2/c23-20-6-2-1-5-19(20)21(14-29-26-15-25-27-29)31-22(30)28-11-3-4-17(13-28)12-16-7-9-18(24)10-8-16/h1-2,5-10,15,17,21H,3-4,11-14H2. The highest BCUT2D eigenvalue weighted by atomic mass is 35.5. The molecular formula is C22H23ClFN5O2. The maximum Gasteiger partial charge on any atom is 0.410 e. The van der Waals surface area contributed by atoms with Gasteiger partial charge in [-0.3, -0.25) is 0 Å². The summed E-state index contributed by atoms with van der Waals surface area (Å²) in [4.78, 5) is 16.1. The van der Waals surface area contributed by atoms with Crippen LogP contribution in [0.2, 0.25) is 5.02 Å². The first-order valence-corrected chi connectivity index (χ1v) is 10.6. The van der Waals surface area contributed by atoms with Gasteiger partial charge in [-0.05, 0) is 54.2 Å². The largest absolute Gasteiger partial charge is 0.439 e. The van der Waals surface area contributed by atoms with Crippen LogP contribution in [-0.4, -0.2) is 44.3 Å². The molecule has 2 aromatic carbocycles. The van der Waals surface area contributed by atoms with E-state index in [1.807, 2.05) is 18.2 Å². The number of likely N-dealkylation sites (tertiary alicyclic amines) is 1. The number of amides is 1. The third kappa shape index (κ3) is 5.58. The van der Waals surface area contributed by atoms with Gasteiger partial charge in [0.15, 0.2) is 12.4 Å². The van der Waals surface area contributed by atoms with Crippen molar-refractivity contribution < 1.29 is 13.9 Å². The summed E-state index contributed by atoms with van der Waals surface area (Å²) in [7, 11) is 0. The number of hydrogen-bond donors (Lipinski definition) is 0. The number of hydrogen-bond acceptors (Lipinski definition) is 5. The van der Waals surface area contributed by atoms with Crippen LogP contribution in [0, 0.1) is 11.7 Å². The molecule has 0 radical (unpaired) electrons. The van der Waals surface area contributed by atoms with E-state index in [1.54, 1.807) is 23.1 Å². The first-order chi connectivity index (χ1) is 15.1. The van der Waals surface area contributed by atoms with E-state index in [2.05, 4.69) is 15.4 Å². The molecule has 1 aliphatic rings. The number of rotatable bonds is 6. The third-order valence-corrected chi connectivity index (χ3v) is 5.77. The van der Waals surface area contributed by atoms with Crippen LogP contribution in [0.1, 0.15) is 30.1 Å². The molecule has 162 valence electrons. The van der Waals surface area contributed by atoms with Gasteiger partial charge in [-0.25, -0.2) is 9.18 Å². The highest BCUT2D eigenvalue weighted by molar-refractivity contribution is 6.31. The third-order valence-electron chi connectivity index (χ3n) is 5.43. The summed E-state index contributed by atoms with van der Waals surface area (Å²) in [6.45, 7) is 1.44. The number of carbonyl (C=O) groups is 1. The predicted octanol–water partition coefficient (Wildman–Crippen LogP) is 4.30. The summed E-state index contributed by atoms with van der Waals surface area (Å²) in [6, 6.07) is 13.8. The van der Waals surface area contributed by atoms with Gasteiger partial charge < -0.3 is 9.64 Å². The first kappa shape index (κ1) is 21.2. The van der Waals surface area contributed by atoms with Crippen LogP contribution in [0.25, 0.3) is 0 Å². The molecule has 1 saturated heterocycles. The van der Waals surface area contributed by atoms with Gasteiger partial charge in [0.05, 0.1) is 0 Å². The number of piperidine rings is 1. The smallest absolute Gasteiger partial charge is 0.410 e. The summed E-state index contributed by atoms with van der Waals surface area (Å²) in [6.07, 6.45) is 2.99. The first-order valence-electron chi connectivity index (χ1n) is 10.2. The molecule has 1 fully saturated rings. The maximum atomic E-state index is 13.2. The second kappa shape index (κ2) is 9.87. The number of benzene rings is 2. The molecule has 0 N–H and O–H groups in total. The molecule has 2 heterocycles. The van der Waals surface area contributed by atoms with Crippen molar-refractivity contribution >= 4 is 17.7 Å². The number of aromatic nitrogens is 4. The number of halogens is 2. The summed E-state index contributed by atoms with van der Waals surface area (Å²) < 4.78 is 19.0. The Morgan fingerprint density at radius 2 is 2.03 bits per heavy atom. The van der Waals surface area contributed by atoms with Crippen LogP contribution < -0.4 is 0 Å². The Bertz CT molecular complexity index is 999. The van der Waals surface area contributed by atoms with Crippen molar-refractivity contribution in [1.29, 1.82) is 0 Å². The van der Waals surface area contributed by atoms with Crippen molar-refractivity contribution in [1.82, 2.24) is 25.1 Å². The molecule has 0 spiro atoms. The van der Waals surface area contributed by atoms with Gasteiger partial charge in [-0.2, -0.15) is 4.80 Å². The monoisotopic (exact) mass is 443 g/mol. The molecular weight excluding hydrogens is 421 g/mol. The molecule has 1 amide bonds. The van der Waals surface area contributed by atoms with Crippen molar-refractivity contribution in [2.24, 2.45) is 5.92 Å². The Kier molecular flexibility index (Phi) is 6.76. The van der Waals surface area contributed by atoms with Crippen LogP contribution in [0.5, 0.6) is 0 Å². The summed E-state index contributed by atoms with van der Waals surface area (Å²) in [5, 5.41) is 12.1. The highest BCUT2D eigenvalue weighted by Gasteiger charge is 2.28. The Balaban J connectivity index is 1.43. The van der Waals surface area contributed by atoms with Gasteiger partial charge in [-0.1, -0.05) is 41.9 Å². The lowest BCUT2D eigenvalue weighted by Gasteiger charge is -2.33. The van der Waals surface area contributed by atoms with E-state index in [0.717, 1.165) is 24.8 Å². The fraction of sp³-hybridized carbons (Fsp3) is 0.364. The number of carbonyl (C=O) groups excluding carboxylic acids is 1. The van der Waals surface area contributed by atoms with E-state index >= 15 is 0 Å². The number of nitrogens with zero attached hydrogens (tertiary/aromatic N) is 5. The SMILES string of the molecule is O=C(OC(Cn1ncnn1)c1ccccc1Cl)N1CCCC(Cc2ccc(F)cc2)C1. The molecule has 9 heteroatoms. The zero-order valence-electron chi connectivity index (χ0n) is 16.9. The fourth-order valence-corrected chi connectivity index (χ4v) is 4.16. The molecule has 7 nitrogen and oxygen atoms in total. The molecule has 4 rings (SSSR count). The lowest BCUT2D eigenvalue weighted by Crippen LogP contribution is -2.41. The zero-order chi connectivity index (χ0) is 21.6. The lowest BCUT2D eigenvalue weighted by atomic mass is 9.91. The molecule has 31 heavy (non-hydrogen) atoms. The van der Waals surface area contributed by atoms with E-state index in [4.69, 9.17) is 16.3 Å². The Labute approximate surface area is 184 Å². The van der Waals surface area contributed by atoms with Gasteiger partial charge >= 0.3 is 6.09 Å². The summed E-state index contributed by atoms with van der Waals surface area (Å²) >= 11 is 6.36. The highest BCUT2D eigenvalue weighted by Crippen LogP contribution is 2.28. The normalized spacial score (nSPS) is 17.4. The Morgan fingerprint density at radius 1 is 1.23 bits per heavy atom. The van der Waals surface area contributed by atoms with Gasteiger partial charge in [0.2, 0.25) is 0 Å². The van der Waals surface area contributed by atoms with Crippen molar-refractivity contribution in [2.45, 2.75) is 31.9 Å². The molecule has 2 unspecified atom stereocenters. The molecule has 0 bridgehead atoms. The number of tetrazole rings is 1. The topological polar surface area (TPSA) is 73.1 Å². The summed E-state index contributed by atoms with van der Waals surface area (Å²) in [5.74, 6) is 0.0487. The average molecular weight is 444 g/mol. The predicted molar refractivity (Wildman–Crippen MR) is 113 cm³/mol. The van der Waals surface area contributed by atoms with Crippen LogP contribution in [0.4, 0.5) is 9.18 Å². The van der Waals surface area contributed by atoms with Crippen molar-refractivity contribution in [3.8, 4) is 0 Å². The van der Waals surface area contributed by atoms with Crippen LogP contribution in [-0.2, 0) is 17.7 Å². The quantitative estimate of drug-likeness (QED) is 0.568. The molecule has 3 aromatic rings. The van der Waals surface area contributed by atoms with Crippen LogP contribution in [0.15, 0.2) is 54.9 Å². The van der Waals surface area contributed by atoms with Crippen LogP contribution >= 0.6 is 11.6 Å². The fourth-order valence-electron chi connectivity index (χ4n) is 3.90. The average Bonchev–Trinajstić information content (AvgIpc) is 3.29. The van der Waals surface area contributed by atoms with E-state index in [-0.39, 0.29) is 12.4 Å². The van der Waals surface area contributed by atoms with E-state index in [9.17, 15) is 9.18 Å². The van der Waals surface area contributed by atoms with Gasteiger partial charge in [0.25, 0.3) is 0 Å². The minimum Gasteiger partial charge on any atom is -0.439 e. The van der Waals surface area contributed by atoms with E-state index in [0.29, 0.717) is 29.6 Å². The zero-order valence-corrected chi connectivity index (χ0v) is 17.7. The second-order valence-electron chi connectivity index (χ2n) is 7.67. The minimum atomic E-state index is -0.645. The second-order valence-corrected chi connectivity index (χ2v) is 8.08. The van der Waals surface area contributed by atoms with Gasteiger partial charge in [0.1, 0.15) is 12.4 Å². The summed E-state index contributed by atoms with van der Waals surface area (Å²) in [5.41, 5.74) is 1.75. The lowest BCUT2D eigenvalue weighted by molar-refractivity contribution is 0.0398. The minimum absolute atomic E-state index is 0.211. The molecule has 1 aromatic heterocycles. The van der Waals surface area contributed by atoms with Crippen LogP contribution in [0.3, 0.4) is 0 Å². The van der Waals surface area contributed by atoms with Crippen molar-refractivity contribution in [3.63, 3.8) is 0 Å². The van der Waals surface area contributed by atoms with Crippen molar-refractivity contribution in [2.75, 3.05) is 13.1 Å². The number of ether oxygens (including phenoxy) is 1. The van der Waals surface area contributed by atoms with Gasteiger partial charge in [-0.15, -0.1) is 10.2 Å². The van der Waals surface area contributed by atoms with Crippen molar-refractivity contribution in [3.05, 3.63) is 76.8 Å². The molecule has 0 aliphatic carbocycles. The molecule has 2 atom stereocenters. The Morgan fingerprint density at radius 3 is 2.77 bits per heavy atom. The van der Waals surface area contributed by atoms with E-state index < -0.39 is 12.2 Å². The Hall–Kier alpha value is -3.00.